The van der Waals surface area contributed by atoms with Crippen LogP contribution in [0.2, 0.25) is 0 Å². The van der Waals surface area contributed by atoms with E-state index in [1.807, 2.05) is 49.0 Å². The lowest BCUT2D eigenvalue weighted by molar-refractivity contribution is -0.681. The Balaban J connectivity index is 2.07. The zero-order valence-corrected chi connectivity index (χ0v) is 12.2. The molecule has 2 aromatic rings. The van der Waals surface area contributed by atoms with E-state index in [1.165, 1.54) is 4.90 Å². The van der Waals surface area contributed by atoms with Gasteiger partial charge in [-0.05, 0) is 29.2 Å². The number of aryl methyl sites for hydroxylation is 2. The van der Waals surface area contributed by atoms with Gasteiger partial charge in [-0.15, -0.1) is 11.8 Å². The normalized spacial score (nSPS) is 10.5. The lowest BCUT2D eigenvalue weighted by Crippen LogP contribution is -2.34. The van der Waals surface area contributed by atoms with Crippen molar-refractivity contribution >= 4 is 17.6 Å². The number of rotatable bonds is 4. The predicted molar refractivity (Wildman–Crippen MR) is 77.1 cm³/mol. The van der Waals surface area contributed by atoms with Crippen molar-refractivity contribution in [3.8, 4) is 5.75 Å². The Kier molecular flexibility index (Phi) is 4.27. The third-order valence-electron chi connectivity index (χ3n) is 2.92. The standard InChI is InChI=1S/C14H17N3OS/c1-10-16-14(15)11(8-17(10)2)9-19-13-6-4-12(18-3)5-7-13/h4-8,15H,9H2,1-3H3/p+1. The number of nitrogens with zero attached hydrogens (tertiary/aromatic N) is 2. The molecule has 0 amide bonds. The summed E-state index contributed by atoms with van der Waals surface area (Å²) >= 11 is 1.73. The summed E-state index contributed by atoms with van der Waals surface area (Å²) in [7, 11) is 3.64. The number of hydrogen-bond donors (Lipinski definition) is 1. The highest BCUT2D eigenvalue weighted by molar-refractivity contribution is 7.98. The monoisotopic (exact) mass is 276 g/mol. The van der Waals surface area contributed by atoms with E-state index in [0.717, 1.165) is 22.9 Å². The summed E-state index contributed by atoms with van der Waals surface area (Å²) in [5.74, 6) is 3.19. The second kappa shape index (κ2) is 5.93. The molecule has 0 saturated carbocycles. The summed E-state index contributed by atoms with van der Waals surface area (Å²) in [5, 5.41) is 0. The van der Waals surface area contributed by atoms with E-state index in [4.69, 9.17) is 10.5 Å². The maximum absolute atomic E-state index is 5.94. The number of anilines is 1. The van der Waals surface area contributed by atoms with Crippen LogP contribution in [0.3, 0.4) is 0 Å². The third-order valence-corrected chi connectivity index (χ3v) is 3.99. The molecule has 0 bridgehead atoms. The van der Waals surface area contributed by atoms with Gasteiger partial charge in [0.05, 0.1) is 19.7 Å². The molecular formula is C14H18N3OS+. The van der Waals surface area contributed by atoms with E-state index < -0.39 is 0 Å². The van der Waals surface area contributed by atoms with E-state index in [2.05, 4.69) is 4.98 Å². The number of aromatic nitrogens is 2. The molecule has 0 fully saturated rings. The van der Waals surface area contributed by atoms with Gasteiger partial charge in [0.1, 0.15) is 11.9 Å². The fraction of sp³-hybridized carbons (Fsp3) is 0.286. The molecular weight excluding hydrogens is 258 g/mol. The fourth-order valence-electron chi connectivity index (χ4n) is 1.66. The molecule has 2 N–H and O–H groups in total. The molecule has 2 rings (SSSR count). The molecule has 4 nitrogen and oxygen atoms in total. The molecule has 0 aliphatic carbocycles. The van der Waals surface area contributed by atoms with Crippen LogP contribution in [0.4, 0.5) is 5.82 Å². The lowest BCUT2D eigenvalue weighted by Gasteiger charge is -2.04. The van der Waals surface area contributed by atoms with Crippen LogP contribution in [0.15, 0.2) is 35.4 Å². The molecule has 0 aliphatic heterocycles. The Morgan fingerprint density at radius 3 is 2.63 bits per heavy atom. The van der Waals surface area contributed by atoms with Crippen LogP contribution in [0.25, 0.3) is 0 Å². The largest absolute Gasteiger partial charge is 0.497 e. The average molecular weight is 276 g/mol. The predicted octanol–water partition coefficient (Wildman–Crippen LogP) is 2.10. The van der Waals surface area contributed by atoms with Crippen molar-refractivity contribution in [3.05, 3.63) is 41.9 Å². The Labute approximate surface area is 117 Å². The maximum Gasteiger partial charge on any atom is 0.297 e. The smallest absolute Gasteiger partial charge is 0.297 e. The first kappa shape index (κ1) is 13.7. The molecule has 19 heavy (non-hydrogen) atoms. The number of nitrogens with two attached hydrogens (primary N) is 1. The summed E-state index contributed by atoms with van der Waals surface area (Å²) in [6.45, 7) is 1.94. The van der Waals surface area contributed by atoms with Crippen molar-refractivity contribution in [1.82, 2.24) is 4.98 Å². The van der Waals surface area contributed by atoms with Gasteiger partial charge in [-0.25, -0.2) is 4.57 Å². The minimum Gasteiger partial charge on any atom is -0.497 e. The fourth-order valence-corrected chi connectivity index (χ4v) is 2.54. The first-order chi connectivity index (χ1) is 9.10. The summed E-state index contributed by atoms with van der Waals surface area (Å²) in [5.41, 5.74) is 6.99. The number of ether oxygens (including phenoxy) is 1. The first-order valence-electron chi connectivity index (χ1n) is 5.98. The van der Waals surface area contributed by atoms with E-state index in [9.17, 15) is 0 Å². The van der Waals surface area contributed by atoms with Crippen molar-refractivity contribution in [2.75, 3.05) is 12.8 Å². The summed E-state index contributed by atoms with van der Waals surface area (Å²) in [4.78, 5) is 5.50. The van der Waals surface area contributed by atoms with Crippen molar-refractivity contribution < 1.29 is 9.30 Å². The molecule has 1 heterocycles. The molecule has 0 radical (unpaired) electrons. The topological polar surface area (TPSA) is 52.0 Å². The van der Waals surface area contributed by atoms with Crippen LogP contribution in [-0.2, 0) is 12.8 Å². The summed E-state index contributed by atoms with van der Waals surface area (Å²) < 4.78 is 7.12. The number of hydrogen-bond acceptors (Lipinski definition) is 4. The quantitative estimate of drug-likeness (QED) is 0.686. The highest BCUT2D eigenvalue weighted by Crippen LogP contribution is 2.25. The van der Waals surface area contributed by atoms with Gasteiger partial charge in [-0.2, -0.15) is 0 Å². The van der Waals surface area contributed by atoms with Crippen LogP contribution in [-0.4, -0.2) is 12.1 Å². The van der Waals surface area contributed by atoms with E-state index in [1.54, 1.807) is 18.9 Å². The minimum atomic E-state index is 0.608. The van der Waals surface area contributed by atoms with Gasteiger partial charge in [0, 0.05) is 17.6 Å². The van der Waals surface area contributed by atoms with Gasteiger partial charge < -0.3 is 10.5 Å². The number of benzene rings is 1. The molecule has 100 valence electrons. The van der Waals surface area contributed by atoms with Crippen LogP contribution in [0, 0.1) is 6.92 Å². The number of nitrogen functional groups attached to an aromatic ring is 1. The second-order valence-electron chi connectivity index (χ2n) is 4.27. The lowest BCUT2D eigenvalue weighted by atomic mass is 10.3. The van der Waals surface area contributed by atoms with Gasteiger partial charge >= 0.3 is 0 Å². The first-order valence-corrected chi connectivity index (χ1v) is 6.97. The highest BCUT2D eigenvalue weighted by atomic mass is 32.2. The van der Waals surface area contributed by atoms with E-state index >= 15 is 0 Å². The van der Waals surface area contributed by atoms with Crippen molar-refractivity contribution in [1.29, 1.82) is 0 Å². The highest BCUT2D eigenvalue weighted by Gasteiger charge is 2.12. The van der Waals surface area contributed by atoms with Gasteiger partial charge in [0.2, 0.25) is 5.82 Å². The van der Waals surface area contributed by atoms with E-state index in [-0.39, 0.29) is 0 Å². The van der Waals surface area contributed by atoms with Gasteiger partial charge in [0.15, 0.2) is 0 Å². The Morgan fingerprint density at radius 1 is 1.32 bits per heavy atom. The van der Waals surface area contributed by atoms with Crippen molar-refractivity contribution in [2.45, 2.75) is 17.6 Å². The molecule has 0 unspecified atom stereocenters. The van der Waals surface area contributed by atoms with Crippen LogP contribution < -0.4 is 15.0 Å². The third kappa shape index (κ3) is 3.38. The zero-order valence-electron chi connectivity index (χ0n) is 11.4. The molecule has 0 spiro atoms. The number of thioether (sulfide) groups is 1. The van der Waals surface area contributed by atoms with Gasteiger partial charge in [-0.3, -0.25) is 0 Å². The number of methoxy groups -OCH3 is 1. The van der Waals surface area contributed by atoms with Gasteiger partial charge in [-0.1, -0.05) is 0 Å². The average Bonchev–Trinajstić information content (AvgIpc) is 2.42. The van der Waals surface area contributed by atoms with Crippen LogP contribution >= 0.6 is 11.8 Å². The minimum absolute atomic E-state index is 0.608. The maximum atomic E-state index is 5.94. The zero-order chi connectivity index (χ0) is 13.8. The summed E-state index contributed by atoms with van der Waals surface area (Å²) in [6, 6.07) is 8.00. The Bertz CT molecular complexity index is 570. The van der Waals surface area contributed by atoms with Crippen LogP contribution in [0.1, 0.15) is 11.4 Å². The van der Waals surface area contributed by atoms with E-state index in [0.29, 0.717) is 5.82 Å². The Morgan fingerprint density at radius 2 is 2.00 bits per heavy atom. The van der Waals surface area contributed by atoms with Crippen molar-refractivity contribution in [3.63, 3.8) is 0 Å². The molecule has 5 heteroatoms. The molecule has 1 aromatic heterocycles. The van der Waals surface area contributed by atoms with Crippen LogP contribution in [0.5, 0.6) is 5.75 Å². The van der Waals surface area contributed by atoms with Crippen molar-refractivity contribution in [2.24, 2.45) is 7.05 Å². The second-order valence-corrected chi connectivity index (χ2v) is 5.32. The molecule has 0 atom stereocenters. The van der Waals surface area contributed by atoms with Gasteiger partial charge in [0.25, 0.3) is 5.82 Å². The molecule has 1 aromatic carbocycles. The SMILES string of the molecule is COc1ccc(SCc2c[n+](C)c(C)nc2N)cc1. The Hall–Kier alpha value is -1.75. The molecule has 0 saturated heterocycles. The summed E-state index contributed by atoms with van der Waals surface area (Å²) in [6.07, 6.45) is 2.04. The molecule has 0 aliphatic rings.